The molecule has 4 rings (SSSR count). The number of amides is 2. The molecule has 0 unspecified atom stereocenters. The second kappa shape index (κ2) is 11.9. The van der Waals surface area contributed by atoms with Crippen LogP contribution in [0.2, 0.25) is 0 Å². The Bertz CT molecular complexity index is 900. The number of benzene rings is 1. The average molecular weight is 485 g/mol. The fourth-order valence-electron chi connectivity index (χ4n) is 5.40. The van der Waals surface area contributed by atoms with Gasteiger partial charge in [0, 0.05) is 31.4 Å². The summed E-state index contributed by atoms with van der Waals surface area (Å²) in [6, 6.07) is 7.31. The molecule has 2 amide bonds. The third-order valence-corrected chi connectivity index (χ3v) is 7.08. The maximum Gasteiger partial charge on any atom is 0.338 e. The monoisotopic (exact) mass is 484 g/mol. The number of hydrogen-bond acceptors (Lipinski definition) is 6. The van der Waals surface area contributed by atoms with Crippen molar-refractivity contribution >= 4 is 12.0 Å². The highest BCUT2D eigenvalue weighted by atomic mass is 16.5. The second-order valence-electron chi connectivity index (χ2n) is 9.98. The fourth-order valence-corrected chi connectivity index (χ4v) is 5.40. The van der Waals surface area contributed by atoms with Gasteiger partial charge in [-0.1, -0.05) is 18.6 Å². The third kappa shape index (κ3) is 6.55. The standard InChI is InChI=1S/C27H40N4O4/c1-4-34-26(32)24-23(18-30-16-12-21(13-17-30)31-14-6-5-7-15-31)28-27(33)29-25(24)20-8-10-22(11-9-20)35-19(2)3/h8-11,19,21,25H,4-7,12-18H2,1-3H3,(H2,28,29,33)/t25-/m1/s1. The van der Waals surface area contributed by atoms with Crippen molar-refractivity contribution in [2.45, 2.75) is 71.1 Å². The largest absolute Gasteiger partial charge is 0.491 e. The third-order valence-electron chi connectivity index (χ3n) is 7.08. The number of likely N-dealkylation sites (tertiary alicyclic amines) is 2. The summed E-state index contributed by atoms with van der Waals surface area (Å²) in [5.74, 6) is 0.355. The summed E-state index contributed by atoms with van der Waals surface area (Å²) in [5, 5.41) is 5.84. The minimum Gasteiger partial charge on any atom is -0.491 e. The van der Waals surface area contributed by atoms with E-state index >= 15 is 0 Å². The number of piperidine rings is 2. The minimum absolute atomic E-state index is 0.0695. The van der Waals surface area contributed by atoms with E-state index < -0.39 is 12.0 Å². The zero-order valence-corrected chi connectivity index (χ0v) is 21.3. The molecule has 0 aromatic heterocycles. The van der Waals surface area contributed by atoms with Crippen LogP contribution in [-0.2, 0) is 9.53 Å². The number of hydrogen-bond donors (Lipinski definition) is 2. The van der Waals surface area contributed by atoms with Crippen LogP contribution in [0.15, 0.2) is 35.5 Å². The van der Waals surface area contributed by atoms with Crippen LogP contribution in [0.25, 0.3) is 0 Å². The highest BCUT2D eigenvalue weighted by Crippen LogP contribution is 2.30. The molecule has 2 fully saturated rings. The van der Waals surface area contributed by atoms with Gasteiger partial charge in [0.2, 0.25) is 0 Å². The Kier molecular flexibility index (Phi) is 8.68. The summed E-state index contributed by atoms with van der Waals surface area (Å²) >= 11 is 0. The Balaban J connectivity index is 1.51. The first-order valence-corrected chi connectivity index (χ1v) is 13.1. The maximum atomic E-state index is 13.1. The molecule has 2 saturated heterocycles. The van der Waals surface area contributed by atoms with Crippen molar-refractivity contribution in [1.82, 2.24) is 20.4 Å². The van der Waals surface area contributed by atoms with Crippen molar-refractivity contribution in [2.75, 3.05) is 39.3 Å². The first kappa shape index (κ1) is 25.5. The van der Waals surface area contributed by atoms with Crippen molar-refractivity contribution < 1.29 is 19.1 Å². The molecule has 2 N–H and O–H groups in total. The van der Waals surface area contributed by atoms with Gasteiger partial charge in [0.05, 0.1) is 24.3 Å². The summed E-state index contributed by atoms with van der Waals surface area (Å²) < 4.78 is 11.2. The Hall–Kier alpha value is -2.58. The summed E-state index contributed by atoms with van der Waals surface area (Å²) in [7, 11) is 0. The molecule has 35 heavy (non-hydrogen) atoms. The van der Waals surface area contributed by atoms with Crippen LogP contribution in [0, 0.1) is 0 Å². The number of nitrogens with zero attached hydrogens (tertiary/aromatic N) is 2. The van der Waals surface area contributed by atoms with Gasteiger partial charge in [-0.2, -0.15) is 0 Å². The Morgan fingerprint density at radius 2 is 1.74 bits per heavy atom. The Morgan fingerprint density at radius 1 is 1.06 bits per heavy atom. The lowest BCUT2D eigenvalue weighted by Gasteiger charge is -2.41. The predicted molar refractivity (Wildman–Crippen MR) is 135 cm³/mol. The molecule has 3 heterocycles. The zero-order chi connectivity index (χ0) is 24.8. The second-order valence-corrected chi connectivity index (χ2v) is 9.98. The average Bonchev–Trinajstić information content (AvgIpc) is 2.85. The van der Waals surface area contributed by atoms with Crippen LogP contribution in [0.1, 0.15) is 64.5 Å². The van der Waals surface area contributed by atoms with Gasteiger partial charge in [-0.3, -0.25) is 4.90 Å². The molecule has 0 aliphatic carbocycles. The van der Waals surface area contributed by atoms with E-state index in [2.05, 4.69) is 20.4 Å². The highest BCUT2D eigenvalue weighted by Gasteiger charge is 2.35. The number of urea groups is 1. The van der Waals surface area contributed by atoms with Gasteiger partial charge in [0.1, 0.15) is 5.75 Å². The normalized spacial score (nSPS) is 22.6. The predicted octanol–water partition coefficient (Wildman–Crippen LogP) is 3.60. The van der Waals surface area contributed by atoms with Crippen LogP contribution in [0.5, 0.6) is 5.75 Å². The van der Waals surface area contributed by atoms with E-state index in [4.69, 9.17) is 9.47 Å². The van der Waals surface area contributed by atoms with E-state index in [1.807, 2.05) is 38.1 Å². The van der Waals surface area contributed by atoms with Gasteiger partial charge >= 0.3 is 12.0 Å². The summed E-state index contributed by atoms with van der Waals surface area (Å²) in [6.07, 6.45) is 6.27. The highest BCUT2D eigenvalue weighted by molar-refractivity contribution is 5.95. The van der Waals surface area contributed by atoms with Crippen LogP contribution in [-0.4, -0.2) is 73.3 Å². The van der Waals surface area contributed by atoms with E-state index in [0.29, 0.717) is 23.9 Å². The molecule has 8 heteroatoms. The summed E-state index contributed by atoms with van der Waals surface area (Å²) in [4.78, 5) is 30.7. The molecule has 1 aromatic carbocycles. The van der Waals surface area contributed by atoms with Gasteiger partial charge in [-0.15, -0.1) is 0 Å². The molecule has 0 saturated carbocycles. The van der Waals surface area contributed by atoms with E-state index in [1.54, 1.807) is 6.92 Å². The lowest BCUT2D eigenvalue weighted by molar-refractivity contribution is -0.139. The molecule has 3 aliphatic heterocycles. The Labute approximate surface area is 209 Å². The van der Waals surface area contributed by atoms with Crippen molar-refractivity contribution in [3.8, 4) is 5.75 Å². The number of nitrogens with one attached hydrogen (secondary N) is 2. The topological polar surface area (TPSA) is 83.1 Å². The van der Waals surface area contributed by atoms with E-state index in [1.165, 1.54) is 32.4 Å². The number of rotatable bonds is 8. The van der Waals surface area contributed by atoms with Gasteiger partial charge in [0.15, 0.2) is 0 Å². The van der Waals surface area contributed by atoms with Crippen molar-refractivity contribution in [3.05, 3.63) is 41.1 Å². The van der Waals surface area contributed by atoms with Gasteiger partial charge in [-0.05, 0) is 77.2 Å². The number of carbonyl (C=O) groups is 2. The van der Waals surface area contributed by atoms with Crippen molar-refractivity contribution in [1.29, 1.82) is 0 Å². The van der Waals surface area contributed by atoms with Crippen LogP contribution >= 0.6 is 0 Å². The van der Waals surface area contributed by atoms with Crippen molar-refractivity contribution in [3.63, 3.8) is 0 Å². The molecule has 0 spiro atoms. The number of esters is 1. The molecule has 0 bridgehead atoms. The smallest absolute Gasteiger partial charge is 0.338 e. The molecule has 1 aromatic rings. The fraction of sp³-hybridized carbons (Fsp3) is 0.630. The van der Waals surface area contributed by atoms with Gasteiger partial charge in [-0.25, -0.2) is 9.59 Å². The van der Waals surface area contributed by atoms with Crippen molar-refractivity contribution in [2.24, 2.45) is 0 Å². The van der Waals surface area contributed by atoms with Crippen LogP contribution in [0.3, 0.4) is 0 Å². The maximum absolute atomic E-state index is 13.1. The van der Waals surface area contributed by atoms with Crippen LogP contribution < -0.4 is 15.4 Å². The number of carbonyl (C=O) groups excluding carboxylic acids is 2. The lowest BCUT2D eigenvalue weighted by atomic mass is 9.94. The number of ether oxygens (including phenoxy) is 2. The van der Waals surface area contributed by atoms with E-state index in [-0.39, 0.29) is 18.7 Å². The van der Waals surface area contributed by atoms with E-state index in [0.717, 1.165) is 37.2 Å². The molecular weight excluding hydrogens is 444 g/mol. The minimum atomic E-state index is -0.572. The van der Waals surface area contributed by atoms with Crippen LogP contribution in [0.4, 0.5) is 4.79 Å². The SMILES string of the molecule is CCOC(=O)C1=C(CN2CCC(N3CCCCC3)CC2)NC(=O)N[C@@H]1c1ccc(OC(C)C)cc1. The first-order valence-electron chi connectivity index (χ1n) is 13.1. The molecule has 0 radical (unpaired) electrons. The van der Waals surface area contributed by atoms with E-state index in [9.17, 15) is 9.59 Å². The van der Waals surface area contributed by atoms with Gasteiger partial charge in [0.25, 0.3) is 0 Å². The molecule has 3 aliphatic rings. The zero-order valence-electron chi connectivity index (χ0n) is 21.3. The summed E-state index contributed by atoms with van der Waals surface area (Å²) in [5.41, 5.74) is 1.93. The quantitative estimate of drug-likeness (QED) is 0.549. The lowest BCUT2D eigenvalue weighted by Crippen LogP contribution is -2.51. The van der Waals surface area contributed by atoms with Gasteiger partial charge < -0.3 is 25.0 Å². The molecule has 1 atom stereocenters. The summed E-state index contributed by atoms with van der Waals surface area (Å²) in [6.45, 7) is 10.9. The molecule has 8 nitrogen and oxygen atoms in total. The molecular formula is C27H40N4O4. The Morgan fingerprint density at radius 3 is 2.37 bits per heavy atom. The first-order chi connectivity index (χ1) is 16.9. The molecule has 192 valence electrons.